The van der Waals surface area contributed by atoms with Gasteiger partial charge in [-0.1, -0.05) is 0 Å². The molecule has 0 radical (unpaired) electrons. The molecule has 1 saturated carbocycles. The molecule has 98 valence electrons. The Balaban J connectivity index is 2.48. The van der Waals surface area contributed by atoms with Gasteiger partial charge in [-0.2, -0.15) is 13.2 Å². The second kappa shape index (κ2) is 4.47. The van der Waals surface area contributed by atoms with Crippen LogP contribution in [0.2, 0.25) is 0 Å². The van der Waals surface area contributed by atoms with Crippen molar-refractivity contribution >= 4 is 5.91 Å². The van der Waals surface area contributed by atoms with Crippen LogP contribution in [0.3, 0.4) is 0 Å². The lowest BCUT2D eigenvalue weighted by Crippen LogP contribution is -2.22. The molecule has 0 spiro atoms. The van der Waals surface area contributed by atoms with E-state index in [1.165, 1.54) is 13.1 Å². The van der Waals surface area contributed by atoms with Crippen LogP contribution in [0, 0.1) is 0 Å². The maximum Gasteiger partial charge on any atom is 0.437 e. The summed E-state index contributed by atoms with van der Waals surface area (Å²) in [5, 5.41) is 2.28. The summed E-state index contributed by atoms with van der Waals surface area (Å²) in [5.41, 5.74) is -1.30. The number of ether oxygens (including phenoxy) is 1. The van der Waals surface area contributed by atoms with Crippen molar-refractivity contribution in [3.05, 3.63) is 23.5 Å². The maximum absolute atomic E-state index is 12.8. The minimum Gasteiger partial charge on any atom is -0.487 e. The molecule has 1 aliphatic rings. The molecule has 0 aliphatic heterocycles. The van der Waals surface area contributed by atoms with E-state index in [9.17, 15) is 18.0 Å². The molecule has 1 aromatic rings. The molecular formula is C11H11F3N2O2. The Bertz CT molecular complexity index is 470. The van der Waals surface area contributed by atoms with Crippen LogP contribution in [0.25, 0.3) is 0 Å². The highest BCUT2D eigenvalue weighted by Gasteiger charge is 2.40. The number of hydrogen-bond acceptors (Lipinski definition) is 3. The average molecular weight is 260 g/mol. The summed E-state index contributed by atoms with van der Waals surface area (Å²) in [4.78, 5) is 14.8. The molecule has 0 unspecified atom stereocenters. The third-order valence-corrected chi connectivity index (χ3v) is 2.45. The van der Waals surface area contributed by atoms with Gasteiger partial charge in [-0.25, -0.2) is 4.98 Å². The van der Waals surface area contributed by atoms with Gasteiger partial charge in [0.05, 0.1) is 11.7 Å². The summed E-state index contributed by atoms with van der Waals surface area (Å²) in [6.45, 7) is 0. The fourth-order valence-electron chi connectivity index (χ4n) is 1.44. The van der Waals surface area contributed by atoms with E-state index < -0.39 is 23.5 Å². The van der Waals surface area contributed by atoms with Crippen molar-refractivity contribution in [3.63, 3.8) is 0 Å². The number of amides is 1. The van der Waals surface area contributed by atoms with Crippen molar-refractivity contribution in [2.24, 2.45) is 0 Å². The lowest BCUT2D eigenvalue weighted by atomic mass is 10.2. The average Bonchev–Trinajstić information content (AvgIpc) is 3.11. The first-order valence-electron chi connectivity index (χ1n) is 5.38. The summed E-state index contributed by atoms with van der Waals surface area (Å²) >= 11 is 0. The van der Waals surface area contributed by atoms with E-state index in [0.29, 0.717) is 12.8 Å². The molecule has 1 aliphatic carbocycles. The number of pyridine rings is 1. The molecule has 1 amide bonds. The summed E-state index contributed by atoms with van der Waals surface area (Å²) in [7, 11) is 1.34. The molecule has 2 rings (SSSR count). The predicted octanol–water partition coefficient (Wildman–Crippen LogP) is 2.00. The Hall–Kier alpha value is -1.79. The Labute approximate surface area is 101 Å². The van der Waals surface area contributed by atoms with Gasteiger partial charge in [-0.05, 0) is 18.9 Å². The number of carbonyl (C=O) groups is 1. The van der Waals surface area contributed by atoms with Crippen LogP contribution in [0.15, 0.2) is 12.3 Å². The number of aromatic nitrogens is 1. The van der Waals surface area contributed by atoms with E-state index in [-0.39, 0.29) is 11.7 Å². The van der Waals surface area contributed by atoms with E-state index in [0.717, 1.165) is 6.20 Å². The largest absolute Gasteiger partial charge is 0.487 e. The summed E-state index contributed by atoms with van der Waals surface area (Å²) in [6.07, 6.45) is -2.56. The highest BCUT2D eigenvalue weighted by Crippen LogP contribution is 2.39. The van der Waals surface area contributed by atoms with Gasteiger partial charge in [0, 0.05) is 13.2 Å². The van der Waals surface area contributed by atoms with E-state index in [1.807, 2.05) is 0 Å². The molecule has 0 bridgehead atoms. The topological polar surface area (TPSA) is 51.2 Å². The van der Waals surface area contributed by atoms with Gasteiger partial charge in [-0.15, -0.1) is 0 Å². The zero-order chi connectivity index (χ0) is 13.3. The quantitative estimate of drug-likeness (QED) is 0.904. The maximum atomic E-state index is 12.8. The van der Waals surface area contributed by atoms with Crippen molar-refractivity contribution in [1.82, 2.24) is 10.3 Å². The van der Waals surface area contributed by atoms with Gasteiger partial charge < -0.3 is 10.1 Å². The summed E-state index contributed by atoms with van der Waals surface area (Å²) in [5.74, 6) is -1.11. The molecule has 1 fully saturated rings. The van der Waals surface area contributed by atoms with Crippen LogP contribution >= 0.6 is 0 Å². The molecule has 0 aromatic carbocycles. The first kappa shape index (κ1) is 12.7. The smallest absolute Gasteiger partial charge is 0.437 e. The second-order valence-corrected chi connectivity index (χ2v) is 3.93. The van der Waals surface area contributed by atoms with E-state index >= 15 is 0 Å². The Morgan fingerprint density at radius 2 is 2.17 bits per heavy atom. The molecular weight excluding hydrogens is 249 g/mol. The van der Waals surface area contributed by atoms with Gasteiger partial charge in [0.1, 0.15) is 0 Å². The van der Waals surface area contributed by atoms with Gasteiger partial charge in [0.15, 0.2) is 11.4 Å². The standard InChI is InChI=1S/C11H11F3N2O2/c1-15-10(17)7-4-5-16-9(11(12,13)14)8(7)18-6-2-3-6/h4-6H,2-3H2,1H3,(H,15,17). The van der Waals surface area contributed by atoms with Crippen LogP contribution in [0.1, 0.15) is 28.9 Å². The van der Waals surface area contributed by atoms with Gasteiger partial charge >= 0.3 is 6.18 Å². The number of rotatable bonds is 3. The monoisotopic (exact) mass is 260 g/mol. The molecule has 1 aromatic heterocycles. The minimum absolute atomic E-state index is 0.147. The summed E-state index contributed by atoms with van der Waals surface area (Å²) < 4.78 is 43.6. The molecule has 1 heterocycles. The van der Waals surface area contributed by atoms with E-state index in [4.69, 9.17) is 4.74 Å². The zero-order valence-electron chi connectivity index (χ0n) is 9.54. The van der Waals surface area contributed by atoms with Crippen molar-refractivity contribution in [2.75, 3.05) is 7.05 Å². The Morgan fingerprint density at radius 1 is 1.50 bits per heavy atom. The van der Waals surface area contributed by atoms with Crippen LogP contribution < -0.4 is 10.1 Å². The number of halogens is 3. The minimum atomic E-state index is -4.64. The Kier molecular flexibility index (Phi) is 3.14. The van der Waals surface area contributed by atoms with Crippen molar-refractivity contribution in [1.29, 1.82) is 0 Å². The molecule has 18 heavy (non-hydrogen) atoms. The fraction of sp³-hybridized carbons (Fsp3) is 0.455. The first-order chi connectivity index (χ1) is 8.43. The van der Waals surface area contributed by atoms with Gasteiger partial charge in [-0.3, -0.25) is 4.79 Å². The normalized spacial score (nSPS) is 15.3. The second-order valence-electron chi connectivity index (χ2n) is 3.93. The molecule has 0 atom stereocenters. The lowest BCUT2D eigenvalue weighted by molar-refractivity contribution is -0.142. The molecule has 0 saturated heterocycles. The van der Waals surface area contributed by atoms with Crippen LogP contribution in [-0.2, 0) is 6.18 Å². The van der Waals surface area contributed by atoms with Crippen LogP contribution in [0.4, 0.5) is 13.2 Å². The lowest BCUT2D eigenvalue weighted by Gasteiger charge is -2.15. The third-order valence-electron chi connectivity index (χ3n) is 2.45. The van der Waals surface area contributed by atoms with Gasteiger partial charge in [0.2, 0.25) is 0 Å². The highest BCUT2D eigenvalue weighted by molar-refractivity contribution is 5.97. The number of nitrogens with one attached hydrogen (secondary N) is 1. The number of alkyl halides is 3. The molecule has 4 nitrogen and oxygen atoms in total. The van der Waals surface area contributed by atoms with Crippen molar-refractivity contribution < 1.29 is 22.7 Å². The molecule has 7 heteroatoms. The van der Waals surface area contributed by atoms with E-state index in [1.54, 1.807) is 0 Å². The number of carbonyl (C=O) groups excluding carboxylic acids is 1. The Morgan fingerprint density at radius 3 is 2.67 bits per heavy atom. The fourth-order valence-corrected chi connectivity index (χ4v) is 1.44. The summed E-state index contributed by atoms with van der Waals surface area (Å²) in [6, 6.07) is 1.21. The number of nitrogens with zero attached hydrogens (tertiary/aromatic N) is 1. The SMILES string of the molecule is CNC(=O)c1ccnc(C(F)(F)F)c1OC1CC1. The molecule has 1 N–H and O–H groups in total. The highest BCUT2D eigenvalue weighted by atomic mass is 19.4. The van der Waals surface area contributed by atoms with Crippen molar-refractivity contribution in [2.45, 2.75) is 25.1 Å². The zero-order valence-corrected chi connectivity index (χ0v) is 9.54. The van der Waals surface area contributed by atoms with E-state index in [2.05, 4.69) is 10.3 Å². The van der Waals surface area contributed by atoms with Crippen molar-refractivity contribution in [3.8, 4) is 5.75 Å². The first-order valence-corrected chi connectivity index (χ1v) is 5.38. The van der Waals surface area contributed by atoms with Crippen LogP contribution in [0.5, 0.6) is 5.75 Å². The predicted molar refractivity (Wildman–Crippen MR) is 56.3 cm³/mol. The third kappa shape index (κ3) is 2.55. The van der Waals surface area contributed by atoms with Gasteiger partial charge in [0.25, 0.3) is 5.91 Å². The van der Waals surface area contributed by atoms with Crippen LogP contribution in [-0.4, -0.2) is 24.0 Å². The number of hydrogen-bond donors (Lipinski definition) is 1.